The quantitative estimate of drug-likeness (QED) is 0.342. The Labute approximate surface area is 214 Å². The van der Waals surface area contributed by atoms with E-state index in [4.69, 9.17) is 18.9 Å². The summed E-state index contributed by atoms with van der Waals surface area (Å²) in [5.74, 6) is -1.48. The molecule has 0 aliphatic carbocycles. The maximum atomic E-state index is 13.1. The number of ether oxygens (including phenoxy) is 4. The van der Waals surface area contributed by atoms with E-state index in [1.54, 1.807) is 86.6 Å². The van der Waals surface area contributed by atoms with E-state index in [9.17, 15) is 18.8 Å². The Morgan fingerprint density at radius 3 is 1.78 bits per heavy atom. The molecular formula is C27H42FNO7. The molecule has 8 nitrogen and oxygen atoms in total. The molecule has 0 aliphatic heterocycles. The van der Waals surface area contributed by atoms with Gasteiger partial charge in [0.25, 0.3) is 0 Å². The Bertz CT molecular complexity index is 864. The summed E-state index contributed by atoms with van der Waals surface area (Å²) in [7, 11) is 0. The van der Waals surface area contributed by atoms with Crippen LogP contribution in [-0.2, 0) is 30.2 Å². The van der Waals surface area contributed by atoms with E-state index in [0.717, 1.165) is 5.56 Å². The second-order valence-corrected chi connectivity index (χ2v) is 11.6. The lowest BCUT2D eigenvalue weighted by Crippen LogP contribution is -2.48. The Balaban J connectivity index is 3.21. The molecule has 1 aromatic rings. The number of alkyl halides is 1. The minimum atomic E-state index is -1.15. The minimum absolute atomic E-state index is 0.0478. The molecule has 0 aliphatic rings. The molecule has 0 spiro atoms. The minimum Gasteiger partial charge on any atom is -0.491 e. The first-order valence-corrected chi connectivity index (χ1v) is 12.1. The van der Waals surface area contributed by atoms with Crippen LogP contribution in [0.3, 0.4) is 0 Å². The van der Waals surface area contributed by atoms with Crippen LogP contribution in [0.15, 0.2) is 24.3 Å². The van der Waals surface area contributed by atoms with Crippen molar-refractivity contribution in [1.82, 2.24) is 5.32 Å². The SMILES string of the molecule is CC(C)(C)OC(=O)NC(CC(Cc1ccc(OCCF)cc1)C(=O)OC(C)(C)C)C(=O)OC(C)(C)C. The van der Waals surface area contributed by atoms with E-state index in [1.807, 2.05) is 0 Å². The predicted molar refractivity (Wildman–Crippen MR) is 135 cm³/mol. The molecule has 0 saturated carbocycles. The van der Waals surface area contributed by atoms with Gasteiger partial charge in [0.1, 0.15) is 41.9 Å². The fraction of sp³-hybridized carbons (Fsp3) is 0.667. The van der Waals surface area contributed by atoms with E-state index in [1.165, 1.54) is 0 Å². The van der Waals surface area contributed by atoms with Crippen molar-refractivity contribution in [3.8, 4) is 5.75 Å². The number of benzene rings is 1. The fourth-order valence-electron chi connectivity index (χ4n) is 3.13. The van der Waals surface area contributed by atoms with E-state index in [0.29, 0.717) is 5.75 Å². The summed E-state index contributed by atoms with van der Waals surface area (Å²) >= 11 is 0. The monoisotopic (exact) mass is 511 g/mol. The van der Waals surface area contributed by atoms with Crippen molar-refractivity contribution in [3.63, 3.8) is 0 Å². The van der Waals surface area contributed by atoms with E-state index >= 15 is 0 Å². The second-order valence-electron chi connectivity index (χ2n) is 11.6. The largest absolute Gasteiger partial charge is 0.491 e. The van der Waals surface area contributed by atoms with E-state index in [-0.39, 0.29) is 19.4 Å². The van der Waals surface area contributed by atoms with Gasteiger partial charge < -0.3 is 24.3 Å². The van der Waals surface area contributed by atoms with Gasteiger partial charge in [-0.05, 0) is 92.9 Å². The Morgan fingerprint density at radius 2 is 1.31 bits per heavy atom. The van der Waals surface area contributed by atoms with Crippen molar-refractivity contribution in [2.75, 3.05) is 13.3 Å². The number of amides is 1. The average molecular weight is 512 g/mol. The summed E-state index contributed by atoms with van der Waals surface area (Å²) in [5.41, 5.74) is -1.56. The smallest absolute Gasteiger partial charge is 0.408 e. The van der Waals surface area contributed by atoms with Crippen molar-refractivity contribution >= 4 is 18.0 Å². The molecule has 1 aromatic carbocycles. The van der Waals surface area contributed by atoms with Gasteiger partial charge in [-0.25, -0.2) is 14.0 Å². The molecule has 1 rings (SSSR count). The van der Waals surface area contributed by atoms with Crippen molar-refractivity contribution < 1.29 is 37.7 Å². The number of alkyl carbamates (subject to hydrolysis) is 1. The van der Waals surface area contributed by atoms with Crippen LogP contribution in [0, 0.1) is 5.92 Å². The van der Waals surface area contributed by atoms with Crippen molar-refractivity contribution in [1.29, 1.82) is 0 Å². The highest BCUT2D eigenvalue weighted by Gasteiger charge is 2.35. The van der Waals surface area contributed by atoms with Crippen LogP contribution in [0.25, 0.3) is 0 Å². The van der Waals surface area contributed by atoms with Crippen LogP contribution in [0.1, 0.15) is 74.3 Å². The zero-order valence-electron chi connectivity index (χ0n) is 23.0. The predicted octanol–water partition coefficient (Wildman–Crippen LogP) is 5.16. The molecule has 1 amide bonds. The third-order valence-electron chi connectivity index (χ3n) is 4.39. The van der Waals surface area contributed by atoms with E-state index < -0.39 is 53.5 Å². The van der Waals surface area contributed by atoms with Gasteiger partial charge in [0, 0.05) is 0 Å². The maximum absolute atomic E-state index is 13.1. The van der Waals surface area contributed by atoms with E-state index in [2.05, 4.69) is 5.32 Å². The molecule has 204 valence electrons. The Morgan fingerprint density at radius 1 is 0.806 bits per heavy atom. The first kappa shape index (κ1) is 31.2. The van der Waals surface area contributed by atoms with Gasteiger partial charge in [0.05, 0.1) is 5.92 Å². The molecule has 0 radical (unpaired) electrons. The molecule has 1 N–H and O–H groups in total. The van der Waals surface area contributed by atoms with Crippen LogP contribution in [0.4, 0.5) is 9.18 Å². The highest BCUT2D eigenvalue weighted by atomic mass is 19.1. The Kier molecular flexibility index (Phi) is 11.2. The lowest BCUT2D eigenvalue weighted by atomic mass is 9.92. The molecular weight excluding hydrogens is 469 g/mol. The molecule has 0 aromatic heterocycles. The van der Waals surface area contributed by atoms with Crippen molar-refractivity contribution in [2.24, 2.45) is 5.92 Å². The number of carbonyl (C=O) groups is 3. The first-order valence-electron chi connectivity index (χ1n) is 12.1. The van der Waals surface area contributed by atoms with Gasteiger partial charge in [-0.1, -0.05) is 12.1 Å². The standard InChI is InChI=1S/C27H42FNO7/c1-25(2,3)34-22(30)19(16-18-10-12-20(13-11-18)33-15-14-28)17-21(23(31)35-26(4,5)6)29-24(32)36-27(7,8)9/h10-13,19,21H,14-17H2,1-9H3,(H,29,32). The molecule has 36 heavy (non-hydrogen) atoms. The number of hydrogen-bond acceptors (Lipinski definition) is 7. The number of carbonyl (C=O) groups excluding carboxylic acids is 3. The molecule has 0 heterocycles. The summed E-state index contributed by atoms with van der Waals surface area (Å²) in [6, 6.07) is 5.73. The van der Waals surface area contributed by atoms with Crippen LogP contribution in [0.5, 0.6) is 5.75 Å². The van der Waals surface area contributed by atoms with Gasteiger partial charge in [-0.15, -0.1) is 0 Å². The summed E-state index contributed by atoms with van der Waals surface area (Å²) in [5, 5.41) is 2.56. The third-order valence-corrected chi connectivity index (χ3v) is 4.39. The molecule has 0 saturated heterocycles. The summed E-state index contributed by atoms with van der Waals surface area (Å²) < 4.78 is 34.1. The zero-order chi connectivity index (χ0) is 27.7. The normalized spacial score (nSPS) is 13.8. The highest BCUT2D eigenvalue weighted by Crippen LogP contribution is 2.23. The van der Waals surface area contributed by atoms with Crippen molar-refractivity contribution in [2.45, 2.75) is 98.0 Å². The van der Waals surface area contributed by atoms with Gasteiger partial charge in [-0.3, -0.25) is 4.79 Å². The fourth-order valence-corrected chi connectivity index (χ4v) is 3.13. The summed E-state index contributed by atoms with van der Waals surface area (Å²) in [6.07, 6.45) is -0.632. The number of hydrogen-bond donors (Lipinski definition) is 1. The summed E-state index contributed by atoms with van der Waals surface area (Å²) in [6.45, 7) is 14.9. The lowest BCUT2D eigenvalue weighted by molar-refractivity contribution is -0.162. The molecule has 2 atom stereocenters. The topological polar surface area (TPSA) is 100 Å². The maximum Gasteiger partial charge on any atom is 0.408 e. The second kappa shape index (κ2) is 12.9. The van der Waals surface area contributed by atoms with Gasteiger partial charge in [-0.2, -0.15) is 0 Å². The van der Waals surface area contributed by atoms with Gasteiger partial charge in [0.15, 0.2) is 0 Å². The van der Waals surface area contributed by atoms with Crippen LogP contribution in [-0.4, -0.2) is 54.2 Å². The lowest BCUT2D eigenvalue weighted by Gasteiger charge is -2.29. The Hall–Kier alpha value is -2.84. The summed E-state index contributed by atoms with van der Waals surface area (Å²) in [4.78, 5) is 38.7. The third kappa shape index (κ3) is 13.3. The molecule has 2 unspecified atom stereocenters. The highest BCUT2D eigenvalue weighted by molar-refractivity contribution is 5.83. The zero-order valence-corrected chi connectivity index (χ0v) is 23.0. The number of halogens is 1. The number of esters is 2. The molecule has 0 fully saturated rings. The van der Waals surface area contributed by atoms with Crippen LogP contribution in [0.2, 0.25) is 0 Å². The van der Waals surface area contributed by atoms with Crippen LogP contribution < -0.4 is 10.1 Å². The van der Waals surface area contributed by atoms with Gasteiger partial charge >= 0.3 is 18.0 Å². The van der Waals surface area contributed by atoms with Crippen LogP contribution >= 0.6 is 0 Å². The number of rotatable bonds is 10. The average Bonchev–Trinajstić information content (AvgIpc) is 2.68. The van der Waals surface area contributed by atoms with Gasteiger partial charge in [0.2, 0.25) is 0 Å². The molecule has 9 heteroatoms. The first-order chi connectivity index (χ1) is 16.4. The van der Waals surface area contributed by atoms with Crippen molar-refractivity contribution in [3.05, 3.63) is 29.8 Å². The number of nitrogens with one attached hydrogen (secondary N) is 1. The molecule has 0 bridgehead atoms.